The largest absolute Gasteiger partial charge is 0.349 e. The summed E-state index contributed by atoms with van der Waals surface area (Å²) in [5, 5.41) is 20.6. The molecular formula is C35H54N10O2. The Morgan fingerprint density at radius 1 is 0.489 bits per heavy atom. The van der Waals surface area contributed by atoms with Crippen molar-refractivity contribution in [2.45, 2.75) is 25.9 Å². The van der Waals surface area contributed by atoms with Crippen molar-refractivity contribution >= 4 is 23.2 Å². The summed E-state index contributed by atoms with van der Waals surface area (Å²) in [7, 11) is 0. The van der Waals surface area contributed by atoms with Gasteiger partial charge in [-0.05, 0) is 34.4 Å². The Labute approximate surface area is 280 Å². The van der Waals surface area contributed by atoms with E-state index in [-0.39, 0.29) is 11.8 Å². The molecule has 4 aliphatic rings. The highest BCUT2D eigenvalue weighted by Crippen LogP contribution is 2.38. The number of nitrogens with one attached hydrogen (secondary N) is 6. The zero-order chi connectivity index (χ0) is 32.3. The number of hydrogen-bond acceptors (Lipinski definition) is 10. The quantitative estimate of drug-likeness (QED) is 0.255. The molecule has 0 spiro atoms. The summed E-state index contributed by atoms with van der Waals surface area (Å²) >= 11 is 0. The van der Waals surface area contributed by atoms with Crippen LogP contribution in [0.25, 0.3) is 0 Å². The fourth-order valence-electron chi connectivity index (χ4n) is 7.02. The maximum absolute atomic E-state index is 13.4. The van der Waals surface area contributed by atoms with Crippen LogP contribution in [0.15, 0.2) is 36.4 Å². The van der Waals surface area contributed by atoms with Crippen molar-refractivity contribution in [3.63, 3.8) is 0 Å². The second-order valence-corrected chi connectivity index (χ2v) is 13.1. The minimum absolute atomic E-state index is 0.185. The van der Waals surface area contributed by atoms with E-state index in [2.05, 4.69) is 78.1 Å². The molecule has 0 aliphatic carbocycles. The van der Waals surface area contributed by atoms with Crippen LogP contribution in [0, 0.1) is 0 Å². The number of benzene rings is 2. The molecule has 2 saturated heterocycles. The van der Waals surface area contributed by atoms with Crippen LogP contribution in [0.1, 0.15) is 22.3 Å². The van der Waals surface area contributed by atoms with Gasteiger partial charge in [-0.1, -0.05) is 24.3 Å². The van der Waals surface area contributed by atoms with Crippen molar-refractivity contribution in [1.82, 2.24) is 41.7 Å². The van der Waals surface area contributed by atoms with Crippen LogP contribution in [-0.4, -0.2) is 133 Å². The minimum Gasteiger partial charge on any atom is -0.349 e. The lowest BCUT2D eigenvalue weighted by molar-refractivity contribution is -0.131. The molecule has 6 N–H and O–H groups in total. The van der Waals surface area contributed by atoms with Crippen molar-refractivity contribution < 1.29 is 9.59 Å². The number of hydrogen-bond donors (Lipinski definition) is 6. The first-order valence-electron chi connectivity index (χ1n) is 17.7. The molecule has 4 aliphatic heterocycles. The maximum Gasteiger partial charge on any atom is 0.227 e. The number of nitrogens with zero attached hydrogens (tertiary/aromatic N) is 4. The van der Waals surface area contributed by atoms with Gasteiger partial charge in [-0.3, -0.25) is 9.59 Å². The average Bonchev–Trinajstić information content (AvgIpc) is 3.05. The fourth-order valence-corrected chi connectivity index (χ4v) is 7.02. The molecule has 0 aromatic heterocycles. The first-order valence-corrected chi connectivity index (χ1v) is 17.7. The summed E-state index contributed by atoms with van der Waals surface area (Å²) in [6.07, 6.45) is 0.840. The highest BCUT2D eigenvalue weighted by Gasteiger charge is 2.30. The van der Waals surface area contributed by atoms with E-state index in [0.29, 0.717) is 12.8 Å². The van der Waals surface area contributed by atoms with Gasteiger partial charge in [0, 0.05) is 129 Å². The SMILES string of the molecule is O=C(Cc1ccc2c(c1)CN1CN2Cc2cc(CC(=O)N3CCNCCNCCNCC3)ccc21)N1CCNCCNCCNCC1. The van der Waals surface area contributed by atoms with Crippen LogP contribution >= 0.6 is 0 Å². The normalized spacial score (nSPS) is 20.5. The number of carbonyl (C=O) groups is 2. The molecule has 2 aromatic carbocycles. The van der Waals surface area contributed by atoms with E-state index >= 15 is 0 Å². The summed E-state index contributed by atoms with van der Waals surface area (Å²) < 4.78 is 0. The van der Waals surface area contributed by atoms with Crippen LogP contribution in [0.3, 0.4) is 0 Å². The smallest absolute Gasteiger partial charge is 0.227 e. The lowest BCUT2D eigenvalue weighted by Crippen LogP contribution is -2.46. The standard InChI is InChI=1S/C35H54N10O2/c46-34(42-17-13-38-9-5-36-6-10-39-14-18-42)23-28-1-3-32-30(21-28)25-45-27-44(32)26-31-22-29(2-4-33(31)45)24-35(47)43-19-15-40-11-7-37-8-12-41-16-20-43/h1-4,21-22,36-41H,5-20,23-27H2. The molecule has 12 heteroatoms. The maximum atomic E-state index is 13.4. The zero-order valence-corrected chi connectivity index (χ0v) is 27.9. The van der Waals surface area contributed by atoms with Crippen LogP contribution in [0.4, 0.5) is 11.4 Å². The molecule has 2 amide bonds. The van der Waals surface area contributed by atoms with Crippen LogP contribution < -0.4 is 41.7 Å². The summed E-state index contributed by atoms with van der Waals surface area (Å²) in [6.45, 7) is 16.0. The third-order valence-electron chi connectivity index (χ3n) is 9.60. The predicted molar refractivity (Wildman–Crippen MR) is 188 cm³/mol. The first-order chi connectivity index (χ1) is 23.1. The molecule has 256 valence electrons. The predicted octanol–water partition coefficient (Wildman–Crippen LogP) is -0.709. The Bertz CT molecular complexity index is 1220. The lowest BCUT2D eigenvalue weighted by atomic mass is 9.97. The van der Waals surface area contributed by atoms with Crippen molar-refractivity contribution in [3.8, 4) is 0 Å². The number of amides is 2. The average molecular weight is 647 g/mol. The Morgan fingerprint density at radius 3 is 1.19 bits per heavy atom. The van der Waals surface area contributed by atoms with Crippen molar-refractivity contribution in [3.05, 3.63) is 58.7 Å². The highest BCUT2D eigenvalue weighted by molar-refractivity contribution is 5.80. The minimum atomic E-state index is 0.185. The summed E-state index contributed by atoms with van der Waals surface area (Å²) in [4.78, 5) is 35.7. The van der Waals surface area contributed by atoms with E-state index in [1.165, 1.54) is 22.5 Å². The molecule has 0 radical (unpaired) electrons. The van der Waals surface area contributed by atoms with Gasteiger partial charge < -0.3 is 51.5 Å². The Kier molecular flexibility index (Phi) is 12.3. The van der Waals surface area contributed by atoms with Gasteiger partial charge in [0.2, 0.25) is 11.8 Å². The van der Waals surface area contributed by atoms with Gasteiger partial charge in [0.15, 0.2) is 0 Å². The van der Waals surface area contributed by atoms with Gasteiger partial charge >= 0.3 is 0 Å². The lowest BCUT2D eigenvalue weighted by Gasteiger charge is -2.45. The molecule has 0 atom stereocenters. The van der Waals surface area contributed by atoms with Crippen LogP contribution in [0.2, 0.25) is 0 Å². The third kappa shape index (κ3) is 9.43. The van der Waals surface area contributed by atoms with Gasteiger partial charge in [0.25, 0.3) is 0 Å². The Balaban J connectivity index is 1.07. The van der Waals surface area contributed by atoms with Crippen molar-refractivity contribution in [2.75, 3.05) is 121 Å². The zero-order valence-electron chi connectivity index (χ0n) is 27.9. The molecule has 47 heavy (non-hydrogen) atoms. The molecule has 2 bridgehead atoms. The second kappa shape index (κ2) is 17.2. The molecule has 6 rings (SSSR count). The Hall–Kier alpha value is -3.26. The molecule has 12 nitrogen and oxygen atoms in total. The van der Waals surface area contributed by atoms with Crippen LogP contribution in [-0.2, 0) is 35.5 Å². The van der Waals surface area contributed by atoms with Gasteiger partial charge in [-0.15, -0.1) is 0 Å². The first kappa shape index (κ1) is 33.6. The fraction of sp³-hybridized carbons (Fsp3) is 0.600. The number of fused-ring (bicyclic) bond motifs is 6. The highest BCUT2D eigenvalue weighted by atomic mass is 16.2. The topological polar surface area (TPSA) is 119 Å². The van der Waals surface area contributed by atoms with Gasteiger partial charge in [0.1, 0.15) is 0 Å². The summed E-state index contributed by atoms with van der Waals surface area (Å²) in [6, 6.07) is 13.1. The van der Waals surface area contributed by atoms with E-state index in [1.807, 2.05) is 9.80 Å². The second-order valence-electron chi connectivity index (χ2n) is 13.1. The van der Waals surface area contributed by atoms with Gasteiger partial charge in [0.05, 0.1) is 19.5 Å². The van der Waals surface area contributed by atoms with E-state index in [1.54, 1.807) is 0 Å². The van der Waals surface area contributed by atoms with E-state index in [4.69, 9.17) is 0 Å². The molecule has 0 saturated carbocycles. The Morgan fingerprint density at radius 2 is 0.830 bits per heavy atom. The van der Waals surface area contributed by atoms with E-state index in [9.17, 15) is 9.59 Å². The van der Waals surface area contributed by atoms with E-state index < -0.39 is 0 Å². The summed E-state index contributed by atoms with van der Waals surface area (Å²) in [5.74, 6) is 0.371. The summed E-state index contributed by atoms with van der Waals surface area (Å²) in [5.41, 5.74) is 7.17. The number of anilines is 2. The molecule has 0 unspecified atom stereocenters. The van der Waals surface area contributed by atoms with Crippen molar-refractivity contribution in [2.24, 2.45) is 0 Å². The van der Waals surface area contributed by atoms with Gasteiger partial charge in [-0.2, -0.15) is 0 Å². The van der Waals surface area contributed by atoms with E-state index in [0.717, 1.165) is 136 Å². The molecule has 4 heterocycles. The third-order valence-corrected chi connectivity index (χ3v) is 9.60. The number of rotatable bonds is 4. The van der Waals surface area contributed by atoms with Crippen LogP contribution in [0.5, 0.6) is 0 Å². The molecule has 2 fully saturated rings. The molecular weight excluding hydrogens is 592 g/mol. The molecule has 2 aromatic rings. The van der Waals surface area contributed by atoms with Crippen molar-refractivity contribution in [1.29, 1.82) is 0 Å². The number of carbonyl (C=O) groups excluding carboxylic acids is 2. The monoisotopic (exact) mass is 646 g/mol. The van der Waals surface area contributed by atoms with Gasteiger partial charge in [-0.25, -0.2) is 0 Å².